The number of alkyl halides is 3. The van der Waals surface area contributed by atoms with Gasteiger partial charge in [0.15, 0.2) is 0 Å². The second kappa shape index (κ2) is 4.79. The van der Waals surface area contributed by atoms with E-state index in [4.69, 9.17) is 34.8 Å². The lowest BCUT2D eigenvalue weighted by Gasteiger charge is -2.19. The summed E-state index contributed by atoms with van der Waals surface area (Å²) in [4.78, 5) is 1.06. The van der Waals surface area contributed by atoms with Crippen molar-refractivity contribution in [3.05, 3.63) is 30.3 Å². The van der Waals surface area contributed by atoms with Crippen LogP contribution in [0.5, 0.6) is 0 Å². The zero-order valence-corrected chi connectivity index (χ0v) is 10.1. The van der Waals surface area contributed by atoms with Gasteiger partial charge >= 0.3 is 0 Å². The van der Waals surface area contributed by atoms with Crippen LogP contribution in [0.2, 0.25) is 0 Å². The first-order valence-electron chi connectivity index (χ1n) is 3.74. The number of hydrogen-bond acceptors (Lipinski definition) is 1. The predicted octanol–water partition coefficient (Wildman–Crippen LogP) is 4.54. The highest BCUT2D eigenvalue weighted by Gasteiger charge is 2.28. The third kappa shape index (κ3) is 3.99. The van der Waals surface area contributed by atoms with Gasteiger partial charge in [-0.3, -0.25) is 0 Å². The summed E-state index contributed by atoms with van der Waals surface area (Å²) in [7, 11) is 0. The average molecular weight is 256 g/mol. The SMILES string of the molecule is CC(Cl)(Cl)C(Cl)Sc1ccccc1. The minimum Gasteiger partial charge on any atom is -0.107 e. The highest BCUT2D eigenvalue weighted by molar-refractivity contribution is 8.01. The maximum atomic E-state index is 5.99. The van der Waals surface area contributed by atoms with Crippen LogP contribution in [0.4, 0.5) is 0 Å². The summed E-state index contributed by atoms with van der Waals surface area (Å²) in [6, 6.07) is 9.80. The molecule has 1 atom stereocenters. The molecule has 0 N–H and O–H groups in total. The Labute approximate surface area is 97.6 Å². The molecule has 1 aromatic rings. The molecule has 0 nitrogen and oxygen atoms in total. The number of thioether (sulfide) groups is 1. The minimum atomic E-state index is -0.915. The Morgan fingerprint density at radius 2 is 1.77 bits per heavy atom. The van der Waals surface area contributed by atoms with Crippen LogP contribution in [0.3, 0.4) is 0 Å². The molecule has 0 aliphatic heterocycles. The van der Waals surface area contributed by atoms with Crippen molar-refractivity contribution in [2.24, 2.45) is 0 Å². The third-order valence-electron chi connectivity index (χ3n) is 1.38. The zero-order chi connectivity index (χ0) is 9.90. The Kier molecular flexibility index (Phi) is 4.24. The van der Waals surface area contributed by atoms with Gasteiger partial charge in [-0.15, -0.1) is 23.4 Å². The van der Waals surface area contributed by atoms with E-state index in [2.05, 4.69) is 0 Å². The Hall–Kier alpha value is 0.440. The van der Waals surface area contributed by atoms with Crippen molar-refractivity contribution in [3.63, 3.8) is 0 Å². The van der Waals surface area contributed by atoms with Crippen molar-refractivity contribution in [2.45, 2.75) is 20.9 Å². The number of halogens is 3. The van der Waals surface area contributed by atoms with Gasteiger partial charge in [-0.1, -0.05) is 41.4 Å². The van der Waals surface area contributed by atoms with E-state index in [1.165, 1.54) is 11.8 Å². The van der Waals surface area contributed by atoms with E-state index in [1.807, 2.05) is 30.3 Å². The molecule has 0 aliphatic carbocycles. The Balaban J connectivity index is 2.61. The molecule has 0 bridgehead atoms. The van der Waals surface area contributed by atoms with Crippen LogP contribution in [0.1, 0.15) is 6.92 Å². The molecule has 0 aromatic heterocycles. The van der Waals surface area contributed by atoms with Crippen molar-refractivity contribution >= 4 is 46.6 Å². The summed E-state index contributed by atoms with van der Waals surface area (Å²) < 4.78 is -1.26. The molecule has 0 amide bonds. The third-order valence-corrected chi connectivity index (χ3v) is 4.23. The maximum Gasteiger partial charge on any atom is 0.141 e. The van der Waals surface area contributed by atoms with E-state index in [1.54, 1.807) is 6.92 Å². The molecule has 1 aromatic carbocycles. The van der Waals surface area contributed by atoms with Crippen molar-refractivity contribution in [1.29, 1.82) is 0 Å². The summed E-state index contributed by atoms with van der Waals surface area (Å²) in [6.07, 6.45) is 0. The van der Waals surface area contributed by atoms with E-state index in [-0.39, 0.29) is 4.71 Å². The first-order chi connectivity index (χ1) is 6.00. The van der Waals surface area contributed by atoms with Crippen LogP contribution in [-0.4, -0.2) is 9.04 Å². The number of hydrogen-bond donors (Lipinski definition) is 0. The highest BCUT2D eigenvalue weighted by atomic mass is 35.5. The lowest BCUT2D eigenvalue weighted by atomic mass is 10.4. The Morgan fingerprint density at radius 1 is 1.23 bits per heavy atom. The summed E-state index contributed by atoms with van der Waals surface area (Å²) in [5, 5.41) is 0. The normalized spacial score (nSPS) is 14.2. The van der Waals surface area contributed by atoms with Gasteiger partial charge in [0.25, 0.3) is 0 Å². The van der Waals surface area contributed by atoms with Crippen molar-refractivity contribution < 1.29 is 0 Å². The lowest BCUT2D eigenvalue weighted by Crippen LogP contribution is -2.18. The van der Waals surface area contributed by atoms with Crippen LogP contribution < -0.4 is 0 Å². The zero-order valence-electron chi connectivity index (χ0n) is 7.01. The van der Waals surface area contributed by atoms with Crippen LogP contribution in [0.25, 0.3) is 0 Å². The molecule has 4 heteroatoms. The topological polar surface area (TPSA) is 0 Å². The molecule has 1 rings (SSSR count). The maximum absolute atomic E-state index is 5.99. The fraction of sp³-hybridized carbons (Fsp3) is 0.333. The fourth-order valence-electron chi connectivity index (χ4n) is 0.722. The van der Waals surface area contributed by atoms with Gasteiger partial charge in [0, 0.05) is 4.90 Å². The van der Waals surface area contributed by atoms with Crippen molar-refractivity contribution in [1.82, 2.24) is 0 Å². The van der Waals surface area contributed by atoms with E-state index in [0.717, 1.165) is 4.90 Å². The molecule has 0 aliphatic rings. The van der Waals surface area contributed by atoms with E-state index < -0.39 is 4.33 Å². The fourth-order valence-corrected chi connectivity index (χ4v) is 2.06. The second-order valence-corrected chi connectivity index (χ2v) is 6.34. The monoisotopic (exact) mass is 254 g/mol. The van der Waals surface area contributed by atoms with E-state index in [9.17, 15) is 0 Å². The van der Waals surface area contributed by atoms with E-state index in [0.29, 0.717) is 0 Å². The lowest BCUT2D eigenvalue weighted by molar-refractivity contribution is 0.959. The predicted molar refractivity (Wildman–Crippen MR) is 62.1 cm³/mol. The first kappa shape index (κ1) is 11.5. The molecule has 0 saturated heterocycles. The standard InChI is InChI=1S/C9H9Cl3S/c1-9(11,12)8(10)13-7-5-3-2-4-6-7/h2-6,8H,1H3. The van der Waals surface area contributed by atoms with Gasteiger partial charge < -0.3 is 0 Å². The van der Waals surface area contributed by atoms with Gasteiger partial charge in [0.1, 0.15) is 9.04 Å². The van der Waals surface area contributed by atoms with Gasteiger partial charge in [-0.2, -0.15) is 0 Å². The van der Waals surface area contributed by atoms with Crippen LogP contribution >= 0.6 is 46.6 Å². The molecule has 13 heavy (non-hydrogen) atoms. The molecule has 0 radical (unpaired) electrons. The largest absolute Gasteiger partial charge is 0.141 e. The van der Waals surface area contributed by atoms with Crippen LogP contribution in [-0.2, 0) is 0 Å². The molecule has 0 saturated carbocycles. The summed E-state index contributed by atoms with van der Waals surface area (Å²) in [5.41, 5.74) is 0. The summed E-state index contributed by atoms with van der Waals surface area (Å²) in [6.45, 7) is 1.68. The quantitative estimate of drug-likeness (QED) is 0.564. The minimum absolute atomic E-state index is 0.349. The van der Waals surface area contributed by atoms with Gasteiger partial charge in [-0.05, 0) is 19.1 Å². The van der Waals surface area contributed by atoms with Gasteiger partial charge in [-0.25, -0.2) is 0 Å². The smallest absolute Gasteiger partial charge is 0.107 e. The van der Waals surface area contributed by atoms with Crippen LogP contribution in [0, 0.1) is 0 Å². The second-order valence-electron chi connectivity index (χ2n) is 2.70. The molecular formula is C9H9Cl3S. The molecule has 0 spiro atoms. The Bertz CT molecular complexity index is 255. The molecule has 72 valence electrons. The summed E-state index contributed by atoms with van der Waals surface area (Å²) >= 11 is 19.1. The molecule has 0 fully saturated rings. The van der Waals surface area contributed by atoms with E-state index >= 15 is 0 Å². The Morgan fingerprint density at radius 3 is 2.23 bits per heavy atom. The van der Waals surface area contributed by atoms with Gasteiger partial charge in [0.05, 0.1) is 0 Å². The van der Waals surface area contributed by atoms with Gasteiger partial charge in [0.2, 0.25) is 0 Å². The number of rotatable bonds is 3. The van der Waals surface area contributed by atoms with Crippen molar-refractivity contribution in [3.8, 4) is 0 Å². The summed E-state index contributed by atoms with van der Waals surface area (Å²) in [5.74, 6) is 0. The molecule has 1 unspecified atom stereocenters. The molecular weight excluding hydrogens is 247 g/mol. The highest BCUT2D eigenvalue weighted by Crippen LogP contribution is 2.39. The molecule has 0 heterocycles. The van der Waals surface area contributed by atoms with Crippen molar-refractivity contribution in [2.75, 3.05) is 0 Å². The van der Waals surface area contributed by atoms with Crippen LogP contribution in [0.15, 0.2) is 35.2 Å². The number of benzene rings is 1. The average Bonchev–Trinajstić information content (AvgIpc) is 2.04. The first-order valence-corrected chi connectivity index (χ1v) is 5.81.